The van der Waals surface area contributed by atoms with Crippen LogP contribution in [0.2, 0.25) is 0 Å². The molecule has 0 heterocycles. The van der Waals surface area contributed by atoms with Crippen molar-refractivity contribution in [2.75, 3.05) is 0 Å². The molecule has 0 nitrogen and oxygen atoms in total. The molecule has 0 aliphatic rings. The van der Waals surface area contributed by atoms with Crippen molar-refractivity contribution < 1.29 is 20.4 Å². The molecule has 0 aliphatic heterocycles. The van der Waals surface area contributed by atoms with Crippen LogP contribution in [0.5, 0.6) is 0 Å². The summed E-state index contributed by atoms with van der Waals surface area (Å²) in [6, 6.07) is 12.5. The van der Waals surface area contributed by atoms with Crippen LogP contribution >= 0.6 is 0 Å². The third-order valence-corrected chi connectivity index (χ3v) is 0.607. The Labute approximate surface area is 64.6 Å². The van der Waals surface area contributed by atoms with Crippen molar-refractivity contribution in [1.29, 1.82) is 0 Å². The first-order valence-electron chi connectivity index (χ1n) is 1.91. The zero-order valence-electron chi connectivity index (χ0n) is 4.76. The molecule has 0 fully saturated rings. The Bertz CT molecular complexity index is 76.3. The van der Waals surface area contributed by atoms with Crippen molar-refractivity contribution >= 4 is 0 Å². The smallest absolute Gasteiger partial charge is 0 e. The van der Waals surface area contributed by atoms with Gasteiger partial charge in [0.2, 0.25) is 0 Å². The Morgan fingerprint density at radius 1 is 0.875 bits per heavy atom. The van der Waals surface area contributed by atoms with E-state index in [0.717, 1.165) is 0 Å². The minimum Gasteiger partial charge on any atom is -0.358 e. The second-order valence-electron chi connectivity index (χ2n) is 1.08. The first-order chi connectivity index (χ1) is 3.00. The van der Waals surface area contributed by atoms with Crippen LogP contribution in [0.25, 0.3) is 0 Å². The summed E-state index contributed by atoms with van der Waals surface area (Å²) in [5, 5.41) is 0. The summed E-state index contributed by atoms with van der Waals surface area (Å²) in [5.41, 5.74) is 0. The van der Waals surface area contributed by atoms with Gasteiger partial charge in [0.1, 0.15) is 0 Å². The van der Waals surface area contributed by atoms with E-state index in [1.807, 2.05) is 30.3 Å². The first kappa shape index (κ1) is 10.8. The third kappa shape index (κ3) is 4.05. The molecule has 1 aromatic rings. The Morgan fingerprint density at radius 2 is 1.38 bits per heavy atom. The zero-order chi connectivity index (χ0) is 4.24. The summed E-state index contributed by atoms with van der Waals surface area (Å²) in [6.07, 6.45) is 0. The van der Waals surface area contributed by atoms with Gasteiger partial charge >= 0.3 is 0 Å². The minimum absolute atomic E-state index is 0. The minimum atomic E-state index is 0. The quantitative estimate of drug-likeness (QED) is 0.636. The monoisotopic (exact) mass is 279 g/mol. The molecule has 0 saturated carbocycles. The van der Waals surface area contributed by atoms with Crippen LogP contribution in [0.3, 0.4) is 0 Å². The van der Waals surface area contributed by atoms with E-state index < -0.39 is 0 Å². The van der Waals surface area contributed by atoms with E-state index in [4.69, 9.17) is 0 Å². The third-order valence-electron chi connectivity index (χ3n) is 0.607. The molecule has 1 heteroatoms. The molecule has 0 amide bonds. The predicted octanol–water partition coefficient (Wildman–Crippen LogP) is 1.93. The molecule has 0 unspecified atom stereocenters. The van der Waals surface area contributed by atoms with Gasteiger partial charge in [0.25, 0.3) is 0 Å². The molecule has 0 saturated heterocycles. The fraction of sp³-hybridized carbons (Fsp3) is 0. The Balaban J connectivity index is 0. The zero-order valence-corrected chi connectivity index (χ0v) is 7.48. The van der Waals surface area contributed by atoms with Gasteiger partial charge < -0.3 is 7.43 Å². The molecular formula is C7H8Re-2. The van der Waals surface area contributed by atoms with Crippen LogP contribution < -0.4 is 0 Å². The summed E-state index contributed by atoms with van der Waals surface area (Å²) in [6.45, 7) is 0. The fourth-order valence-electron chi connectivity index (χ4n) is 0.342. The molecule has 1 aromatic carbocycles. The summed E-state index contributed by atoms with van der Waals surface area (Å²) in [7, 11) is 0. The van der Waals surface area contributed by atoms with Crippen molar-refractivity contribution in [1.82, 2.24) is 0 Å². The Kier molecular flexibility index (Phi) is 9.28. The molecule has 0 aromatic heterocycles. The topological polar surface area (TPSA) is 0 Å². The summed E-state index contributed by atoms with van der Waals surface area (Å²) < 4.78 is 0. The number of hydrogen-bond acceptors (Lipinski definition) is 0. The second kappa shape index (κ2) is 6.88. The molecule has 8 heavy (non-hydrogen) atoms. The van der Waals surface area contributed by atoms with Crippen LogP contribution in [0, 0.1) is 13.5 Å². The van der Waals surface area contributed by atoms with Gasteiger partial charge in [0.05, 0.1) is 0 Å². The molecule has 1 radical (unpaired) electrons. The van der Waals surface area contributed by atoms with Gasteiger partial charge in [-0.3, -0.25) is 0 Å². The van der Waals surface area contributed by atoms with E-state index in [-0.39, 0.29) is 27.8 Å². The van der Waals surface area contributed by atoms with Crippen molar-refractivity contribution in [2.24, 2.45) is 0 Å². The van der Waals surface area contributed by atoms with Crippen LogP contribution in [0.15, 0.2) is 30.3 Å². The number of rotatable bonds is 0. The molecule has 1 rings (SSSR count). The Morgan fingerprint density at radius 3 is 1.50 bits per heavy atom. The maximum absolute atomic E-state index is 2.89. The van der Waals surface area contributed by atoms with Gasteiger partial charge in [-0.05, 0) is 0 Å². The van der Waals surface area contributed by atoms with E-state index in [9.17, 15) is 0 Å². The van der Waals surface area contributed by atoms with Crippen molar-refractivity contribution in [3.63, 3.8) is 0 Å². The molecule has 0 spiro atoms. The average Bonchev–Trinajstić information content (AvgIpc) is 1.72. The van der Waals surface area contributed by atoms with Gasteiger partial charge in [-0.2, -0.15) is 36.4 Å². The molecule has 0 N–H and O–H groups in total. The van der Waals surface area contributed by atoms with Gasteiger partial charge in [-0.25, -0.2) is 0 Å². The largest absolute Gasteiger partial charge is 0.358 e. The first-order valence-corrected chi connectivity index (χ1v) is 1.91. The molecular weight excluding hydrogens is 270 g/mol. The Hall–Kier alpha value is -0.118. The number of hydrogen-bond donors (Lipinski definition) is 0. The van der Waals surface area contributed by atoms with E-state index in [0.29, 0.717) is 0 Å². The normalized spacial score (nSPS) is 6.00. The predicted molar refractivity (Wildman–Crippen MR) is 31.7 cm³/mol. The SMILES string of the molecule is [CH3-].[Re].[c-]1ccccc1. The molecule has 0 bridgehead atoms. The van der Waals surface area contributed by atoms with Crippen molar-refractivity contribution in [3.8, 4) is 0 Å². The van der Waals surface area contributed by atoms with E-state index >= 15 is 0 Å². The van der Waals surface area contributed by atoms with E-state index in [1.165, 1.54) is 0 Å². The van der Waals surface area contributed by atoms with Crippen molar-refractivity contribution in [2.45, 2.75) is 0 Å². The van der Waals surface area contributed by atoms with Gasteiger partial charge in [-0.1, -0.05) is 0 Å². The maximum Gasteiger partial charge on any atom is 0 e. The van der Waals surface area contributed by atoms with Crippen LogP contribution in [-0.4, -0.2) is 0 Å². The van der Waals surface area contributed by atoms with Gasteiger partial charge in [-0.15, -0.1) is 0 Å². The van der Waals surface area contributed by atoms with Crippen LogP contribution in [0.4, 0.5) is 0 Å². The molecule has 0 aliphatic carbocycles. The average molecular weight is 278 g/mol. The van der Waals surface area contributed by atoms with Crippen LogP contribution in [0.1, 0.15) is 0 Å². The molecule has 45 valence electrons. The van der Waals surface area contributed by atoms with Gasteiger partial charge in [0.15, 0.2) is 0 Å². The van der Waals surface area contributed by atoms with E-state index in [1.54, 1.807) is 0 Å². The number of benzene rings is 1. The summed E-state index contributed by atoms with van der Waals surface area (Å²) in [5.74, 6) is 0. The van der Waals surface area contributed by atoms with Gasteiger partial charge in [0, 0.05) is 20.4 Å². The summed E-state index contributed by atoms with van der Waals surface area (Å²) in [4.78, 5) is 0. The van der Waals surface area contributed by atoms with E-state index in [2.05, 4.69) is 6.07 Å². The fourth-order valence-corrected chi connectivity index (χ4v) is 0.342. The standard InChI is InChI=1S/C6H5.CH3.Re/c1-2-4-6-5-3-1;;/h1-5H;1H3;/q2*-1;. The van der Waals surface area contributed by atoms with Crippen LogP contribution in [-0.2, 0) is 20.4 Å². The summed E-state index contributed by atoms with van der Waals surface area (Å²) >= 11 is 0. The second-order valence-corrected chi connectivity index (χ2v) is 1.08. The molecule has 0 atom stereocenters. The maximum atomic E-state index is 2.89. The van der Waals surface area contributed by atoms with Crippen molar-refractivity contribution in [3.05, 3.63) is 43.8 Å².